The molecule has 0 aromatic heterocycles. The maximum absolute atomic E-state index is 12.7. The Hall–Kier alpha value is -1.59. The number of carbonyl (C=O) groups is 3. The molecule has 1 aliphatic heterocycles. The van der Waals surface area contributed by atoms with E-state index in [2.05, 4.69) is 5.32 Å². The fraction of sp³-hybridized carbons (Fsp3) is 0.357. The summed E-state index contributed by atoms with van der Waals surface area (Å²) < 4.78 is 0. The number of rotatable bonds is 1. The Kier molecular flexibility index (Phi) is 3.22. The van der Waals surface area contributed by atoms with Gasteiger partial charge in [0.25, 0.3) is 5.91 Å². The quantitative estimate of drug-likeness (QED) is 0.806. The summed E-state index contributed by atoms with van der Waals surface area (Å²) in [4.78, 5) is 37.7. The van der Waals surface area contributed by atoms with Crippen molar-refractivity contribution in [1.82, 2.24) is 5.32 Å². The molecule has 3 rings (SSSR count). The number of aryl methyl sites for hydroxylation is 1. The van der Waals surface area contributed by atoms with Crippen LogP contribution in [0.4, 0.5) is 10.5 Å². The van der Waals surface area contributed by atoms with Gasteiger partial charge in [-0.3, -0.25) is 14.9 Å². The first-order valence-electron chi connectivity index (χ1n) is 6.53. The lowest BCUT2D eigenvalue weighted by Crippen LogP contribution is -2.66. The van der Waals surface area contributed by atoms with Gasteiger partial charge in [-0.1, -0.05) is 35.7 Å². The van der Waals surface area contributed by atoms with Gasteiger partial charge >= 0.3 is 6.03 Å². The number of carbonyl (C=O) groups excluding carboxylic acids is 3. The molecule has 1 spiro atoms. The average Bonchev–Trinajstić information content (AvgIpc) is 2.36. The molecule has 21 heavy (non-hydrogen) atoms. The van der Waals surface area contributed by atoms with E-state index in [9.17, 15) is 14.4 Å². The van der Waals surface area contributed by atoms with Gasteiger partial charge in [-0.15, -0.1) is 0 Å². The molecule has 5 nitrogen and oxygen atoms in total. The molecule has 110 valence electrons. The summed E-state index contributed by atoms with van der Waals surface area (Å²) >= 11 is 12.3. The molecule has 0 bridgehead atoms. The van der Waals surface area contributed by atoms with E-state index in [1.807, 2.05) is 0 Å². The molecule has 1 aromatic carbocycles. The molecule has 2 fully saturated rings. The zero-order chi connectivity index (χ0) is 15.4. The topological polar surface area (TPSA) is 66.5 Å². The smallest absolute Gasteiger partial charge is 0.276 e. The lowest BCUT2D eigenvalue weighted by molar-refractivity contribution is -0.148. The minimum Gasteiger partial charge on any atom is -0.276 e. The van der Waals surface area contributed by atoms with Gasteiger partial charge in [0, 0.05) is 0 Å². The number of urea groups is 1. The average molecular weight is 327 g/mol. The highest BCUT2D eigenvalue weighted by atomic mass is 35.5. The first kappa shape index (κ1) is 14.4. The van der Waals surface area contributed by atoms with Crippen LogP contribution in [0.15, 0.2) is 12.1 Å². The second-order valence-electron chi connectivity index (χ2n) is 5.36. The van der Waals surface area contributed by atoms with Crippen LogP contribution in [0.25, 0.3) is 0 Å². The van der Waals surface area contributed by atoms with Crippen molar-refractivity contribution in [3.8, 4) is 0 Å². The SMILES string of the molecule is Cc1ccc(Cl)c(N2C(=O)NC(=O)C3(CCC3)C2=O)c1Cl. The van der Waals surface area contributed by atoms with Gasteiger partial charge in [0.15, 0.2) is 0 Å². The van der Waals surface area contributed by atoms with E-state index in [1.54, 1.807) is 19.1 Å². The van der Waals surface area contributed by atoms with Gasteiger partial charge in [0.2, 0.25) is 5.91 Å². The third-order valence-corrected chi connectivity index (χ3v) is 4.94. The highest BCUT2D eigenvalue weighted by molar-refractivity contribution is 6.43. The molecule has 0 unspecified atom stereocenters. The van der Waals surface area contributed by atoms with Gasteiger partial charge in [0.05, 0.1) is 15.7 Å². The van der Waals surface area contributed by atoms with E-state index in [0.717, 1.165) is 11.3 Å². The van der Waals surface area contributed by atoms with E-state index >= 15 is 0 Å². The summed E-state index contributed by atoms with van der Waals surface area (Å²) in [5.74, 6) is -1.07. The molecule has 1 aliphatic carbocycles. The van der Waals surface area contributed by atoms with Gasteiger partial charge in [-0.2, -0.15) is 0 Å². The van der Waals surface area contributed by atoms with Crippen molar-refractivity contribution in [1.29, 1.82) is 0 Å². The molecule has 1 saturated carbocycles. The van der Waals surface area contributed by atoms with Crippen LogP contribution in [0, 0.1) is 12.3 Å². The van der Waals surface area contributed by atoms with Crippen molar-refractivity contribution < 1.29 is 14.4 Å². The molecule has 1 aromatic rings. The number of amides is 4. The molecular weight excluding hydrogens is 315 g/mol. The molecule has 1 saturated heterocycles. The summed E-state index contributed by atoms with van der Waals surface area (Å²) in [6, 6.07) is 2.46. The highest BCUT2D eigenvalue weighted by Gasteiger charge is 2.58. The molecule has 0 atom stereocenters. The Labute approximate surface area is 131 Å². The van der Waals surface area contributed by atoms with Crippen molar-refractivity contribution in [3.63, 3.8) is 0 Å². The van der Waals surface area contributed by atoms with Crippen molar-refractivity contribution in [2.45, 2.75) is 26.2 Å². The number of nitrogens with one attached hydrogen (secondary N) is 1. The minimum atomic E-state index is -1.15. The van der Waals surface area contributed by atoms with Crippen LogP contribution < -0.4 is 10.2 Å². The summed E-state index contributed by atoms with van der Waals surface area (Å²) in [5, 5.41) is 2.66. The Bertz CT molecular complexity index is 683. The maximum Gasteiger partial charge on any atom is 0.335 e. The largest absolute Gasteiger partial charge is 0.335 e. The summed E-state index contributed by atoms with van der Waals surface area (Å²) in [6.07, 6.45) is 1.64. The van der Waals surface area contributed by atoms with Crippen molar-refractivity contribution >= 4 is 46.7 Å². The van der Waals surface area contributed by atoms with Gasteiger partial charge in [-0.25, -0.2) is 9.69 Å². The van der Waals surface area contributed by atoms with Crippen LogP contribution in [0.2, 0.25) is 10.0 Å². The normalized spacial score (nSPS) is 20.5. The standard InChI is InChI=1S/C14H12Cl2N2O3/c1-7-3-4-8(15)10(9(7)16)18-12(20)14(5-2-6-14)11(19)17-13(18)21/h3-4H,2,5-6H2,1H3,(H,17,19,21). The Balaban J connectivity index is 2.14. The van der Waals surface area contributed by atoms with Crippen LogP contribution in [0.5, 0.6) is 0 Å². The number of anilines is 1. The van der Waals surface area contributed by atoms with Gasteiger partial charge < -0.3 is 0 Å². The Morgan fingerprint density at radius 1 is 1.19 bits per heavy atom. The van der Waals surface area contributed by atoms with E-state index in [-0.39, 0.29) is 15.7 Å². The number of hydrogen-bond acceptors (Lipinski definition) is 3. The highest BCUT2D eigenvalue weighted by Crippen LogP contribution is 2.47. The molecule has 0 radical (unpaired) electrons. The molecule has 1 heterocycles. The number of nitrogens with zero attached hydrogens (tertiary/aromatic N) is 1. The molecular formula is C14H12Cl2N2O3. The summed E-state index contributed by atoms with van der Waals surface area (Å²) in [7, 11) is 0. The van der Waals surface area contributed by atoms with Crippen LogP contribution in [-0.2, 0) is 9.59 Å². The van der Waals surface area contributed by atoms with Crippen LogP contribution in [0.1, 0.15) is 24.8 Å². The fourth-order valence-electron chi connectivity index (χ4n) is 2.70. The number of benzene rings is 1. The predicted octanol–water partition coefficient (Wildman–Crippen LogP) is 3.05. The zero-order valence-electron chi connectivity index (χ0n) is 11.2. The van der Waals surface area contributed by atoms with Crippen LogP contribution in [-0.4, -0.2) is 17.8 Å². The van der Waals surface area contributed by atoms with Crippen molar-refractivity contribution in [2.24, 2.45) is 5.41 Å². The number of imide groups is 2. The molecule has 2 aliphatic rings. The monoisotopic (exact) mass is 326 g/mol. The second kappa shape index (κ2) is 4.71. The number of hydrogen-bond donors (Lipinski definition) is 1. The van der Waals surface area contributed by atoms with Crippen molar-refractivity contribution in [3.05, 3.63) is 27.7 Å². The fourth-order valence-corrected chi connectivity index (χ4v) is 3.24. The lowest BCUT2D eigenvalue weighted by atomic mass is 9.66. The lowest BCUT2D eigenvalue weighted by Gasteiger charge is -2.44. The minimum absolute atomic E-state index is 0.139. The third-order valence-electron chi connectivity index (χ3n) is 4.16. The van der Waals surface area contributed by atoms with Gasteiger partial charge in [-0.05, 0) is 31.4 Å². The van der Waals surface area contributed by atoms with E-state index in [1.165, 1.54) is 0 Å². The summed E-state index contributed by atoms with van der Waals surface area (Å²) in [5.41, 5.74) is -0.319. The maximum atomic E-state index is 12.7. The van der Waals surface area contributed by atoms with Crippen LogP contribution >= 0.6 is 23.2 Å². The zero-order valence-corrected chi connectivity index (χ0v) is 12.7. The Morgan fingerprint density at radius 2 is 1.86 bits per heavy atom. The van der Waals surface area contributed by atoms with Crippen molar-refractivity contribution in [2.75, 3.05) is 4.90 Å². The first-order valence-corrected chi connectivity index (χ1v) is 7.28. The van der Waals surface area contributed by atoms with E-state index in [0.29, 0.717) is 18.4 Å². The Morgan fingerprint density at radius 3 is 2.43 bits per heavy atom. The first-order chi connectivity index (χ1) is 9.88. The summed E-state index contributed by atoms with van der Waals surface area (Å²) in [6.45, 7) is 1.75. The second-order valence-corrected chi connectivity index (χ2v) is 6.15. The van der Waals surface area contributed by atoms with Crippen LogP contribution in [0.3, 0.4) is 0 Å². The third kappa shape index (κ3) is 1.88. The molecule has 4 amide bonds. The molecule has 1 N–H and O–H groups in total. The number of barbiturate groups is 1. The van der Waals surface area contributed by atoms with Gasteiger partial charge in [0.1, 0.15) is 5.41 Å². The number of halogens is 2. The van der Waals surface area contributed by atoms with E-state index < -0.39 is 23.3 Å². The molecule has 7 heteroatoms. The predicted molar refractivity (Wildman–Crippen MR) is 78.5 cm³/mol. The van der Waals surface area contributed by atoms with E-state index in [4.69, 9.17) is 23.2 Å².